The van der Waals surface area contributed by atoms with Crippen LogP contribution < -0.4 is 15.4 Å². The summed E-state index contributed by atoms with van der Waals surface area (Å²) in [6.45, 7) is 2.64. The van der Waals surface area contributed by atoms with Crippen LogP contribution in [0.4, 0.5) is 5.69 Å². The second-order valence-corrected chi connectivity index (χ2v) is 4.74. The Labute approximate surface area is 112 Å². The van der Waals surface area contributed by atoms with Crippen LogP contribution in [0.25, 0.3) is 0 Å². The minimum Gasteiger partial charge on any atom is -0.490 e. The first-order chi connectivity index (χ1) is 9.13. The number of hydrogen-bond acceptors (Lipinski definition) is 4. The molecular weight excluding hydrogens is 244 g/mol. The lowest BCUT2D eigenvalue weighted by Crippen LogP contribution is -2.43. The van der Waals surface area contributed by atoms with Crippen molar-refractivity contribution in [1.82, 2.24) is 0 Å². The summed E-state index contributed by atoms with van der Waals surface area (Å²) in [5.41, 5.74) is 5.92. The van der Waals surface area contributed by atoms with E-state index >= 15 is 0 Å². The molecule has 2 amide bonds. The zero-order valence-electron chi connectivity index (χ0n) is 11.0. The molecule has 0 aliphatic carbocycles. The van der Waals surface area contributed by atoms with E-state index in [1.807, 2.05) is 6.92 Å². The lowest BCUT2D eigenvalue weighted by atomic mass is 9.97. The molecule has 0 aromatic heterocycles. The van der Waals surface area contributed by atoms with Crippen molar-refractivity contribution >= 4 is 17.5 Å². The Morgan fingerprint density at radius 2 is 1.89 bits per heavy atom. The van der Waals surface area contributed by atoms with Crippen LogP contribution in [0, 0.1) is 5.92 Å². The Hall–Kier alpha value is -1.88. The van der Waals surface area contributed by atoms with Crippen LogP contribution in [0.5, 0.6) is 5.75 Å². The van der Waals surface area contributed by atoms with Gasteiger partial charge in [-0.3, -0.25) is 9.59 Å². The molecular formula is C14H18N2O3. The third-order valence-corrected chi connectivity index (χ3v) is 3.03. The molecule has 1 aromatic rings. The number of ether oxygens (including phenoxy) is 1. The highest BCUT2D eigenvalue weighted by Crippen LogP contribution is 2.32. The zero-order valence-corrected chi connectivity index (χ0v) is 11.0. The molecule has 1 saturated heterocycles. The van der Waals surface area contributed by atoms with Gasteiger partial charge < -0.3 is 10.5 Å². The number of nitrogens with zero attached hydrogens (tertiary/aromatic N) is 1. The van der Waals surface area contributed by atoms with Gasteiger partial charge in [-0.05, 0) is 18.1 Å². The number of anilines is 1. The number of para-hydroxylation sites is 2. The molecule has 1 fully saturated rings. The molecule has 0 atom stereocenters. The van der Waals surface area contributed by atoms with Gasteiger partial charge in [0.2, 0.25) is 11.8 Å². The number of carbonyl (C=O) groups excluding carboxylic acids is 2. The molecule has 0 radical (unpaired) electrons. The van der Waals surface area contributed by atoms with E-state index < -0.39 is 0 Å². The first-order valence-corrected chi connectivity index (χ1v) is 6.41. The Balaban J connectivity index is 2.30. The molecule has 19 heavy (non-hydrogen) atoms. The van der Waals surface area contributed by atoms with Crippen molar-refractivity contribution in [1.29, 1.82) is 0 Å². The number of benzene rings is 1. The predicted molar refractivity (Wildman–Crippen MR) is 71.9 cm³/mol. The van der Waals surface area contributed by atoms with Crippen LogP contribution >= 0.6 is 0 Å². The first-order valence-electron chi connectivity index (χ1n) is 6.41. The second-order valence-electron chi connectivity index (χ2n) is 4.74. The van der Waals surface area contributed by atoms with E-state index in [0.29, 0.717) is 37.4 Å². The minimum absolute atomic E-state index is 0.105. The molecule has 2 N–H and O–H groups in total. The van der Waals surface area contributed by atoms with E-state index in [0.717, 1.165) is 0 Å². The van der Waals surface area contributed by atoms with E-state index in [2.05, 4.69) is 0 Å². The zero-order chi connectivity index (χ0) is 13.8. The average Bonchev–Trinajstić information content (AvgIpc) is 2.36. The van der Waals surface area contributed by atoms with Crippen molar-refractivity contribution in [3.8, 4) is 5.75 Å². The fourth-order valence-corrected chi connectivity index (χ4v) is 2.19. The molecule has 0 unspecified atom stereocenters. The molecule has 0 bridgehead atoms. The monoisotopic (exact) mass is 262 g/mol. The summed E-state index contributed by atoms with van der Waals surface area (Å²) in [4.78, 5) is 25.4. The fourth-order valence-electron chi connectivity index (χ4n) is 2.19. The molecule has 1 aromatic carbocycles. The number of amides is 2. The molecule has 1 aliphatic heterocycles. The third kappa shape index (κ3) is 2.93. The van der Waals surface area contributed by atoms with Gasteiger partial charge in [-0.1, -0.05) is 19.1 Å². The molecule has 2 rings (SSSR count). The molecule has 0 saturated carbocycles. The van der Waals surface area contributed by atoms with Crippen LogP contribution in [0.3, 0.4) is 0 Å². The maximum Gasteiger partial charge on any atom is 0.234 e. The molecule has 5 nitrogen and oxygen atoms in total. The molecule has 0 spiro atoms. The van der Waals surface area contributed by atoms with Crippen molar-refractivity contribution in [3.63, 3.8) is 0 Å². The Morgan fingerprint density at radius 1 is 1.26 bits per heavy atom. The first kappa shape index (κ1) is 13.5. The standard InChI is InChI=1S/C14H18N2O3/c1-10-8-13(17)16(14(18)9-10)11-4-2-3-5-12(11)19-7-6-15/h2-5,10H,6-9,15H2,1H3. The summed E-state index contributed by atoms with van der Waals surface area (Å²) >= 11 is 0. The van der Waals surface area contributed by atoms with Crippen molar-refractivity contribution in [2.75, 3.05) is 18.1 Å². The highest BCUT2D eigenvalue weighted by molar-refractivity contribution is 6.17. The topological polar surface area (TPSA) is 72.6 Å². The van der Waals surface area contributed by atoms with Crippen molar-refractivity contribution in [2.24, 2.45) is 11.7 Å². The Kier molecular flexibility index (Phi) is 4.16. The summed E-state index contributed by atoms with van der Waals surface area (Å²) in [6, 6.07) is 7.04. The van der Waals surface area contributed by atoms with Gasteiger partial charge in [0.1, 0.15) is 12.4 Å². The summed E-state index contributed by atoms with van der Waals surface area (Å²) in [5.74, 6) is 0.276. The summed E-state index contributed by atoms with van der Waals surface area (Å²) in [5, 5.41) is 0. The number of hydrogen-bond donors (Lipinski definition) is 1. The highest BCUT2D eigenvalue weighted by atomic mass is 16.5. The Morgan fingerprint density at radius 3 is 2.53 bits per heavy atom. The lowest BCUT2D eigenvalue weighted by Gasteiger charge is -2.29. The smallest absolute Gasteiger partial charge is 0.234 e. The number of carbonyl (C=O) groups is 2. The minimum atomic E-state index is -0.174. The van der Waals surface area contributed by atoms with E-state index in [4.69, 9.17) is 10.5 Å². The number of nitrogens with two attached hydrogens (primary N) is 1. The van der Waals surface area contributed by atoms with E-state index in [1.54, 1.807) is 24.3 Å². The van der Waals surface area contributed by atoms with Crippen molar-refractivity contribution < 1.29 is 14.3 Å². The van der Waals surface area contributed by atoms with Gasteiger partial charge in [0.25, 0.3) is 0 Å². The van der Waals surface area contributed by atoms with E-state index in [1.165, 1.54) is 4.90 Å². The number of piperidine rings is 1. The Bertz CT molecular complexity index is 469. The molecule has 1 aliphatic rings. The summed E-state index contributed by atoms with van der Waals surface area (Å²) in [6.07, 6.45) is 0.772. The number of imide groups is 1. The van der Waals surface area contributed by atoms with Gasteiger partial charge in [0.15, 0.2) is 0 Å². The van der Waals surface area contributed by atoms with Crippen LogP contribution in [0.15, 0.2) is 24.3 Å². The van der Waals surface area contributed by atoms with Gasteiger partial charge in [-0.2, -0.15) is 0 Å². The number of rotatable bonds is 4. The molecule has 1 heterocycles. The fraction of sp³-hybridized carbons (Fsp3) is 0.429. The maximum absolute atomic E-state index is 12.1. The summed E-state index contributed by atoms with van der Waals surface area (Å²) in [7, 11) is 0. The van der Waals surface area contributed by atoms with Crippen molar-refractivity contribution in [2.45, 2.75) is 19.8 Å². The highest BCUT2D eigenvalue weighted by Gasteiger charge is 2.32. The predicted octanol–water partition coefficient (Wildman–Crippen LogP) is 1.31. The summed E-state index contributed by atoms with van der Waals surface area (Å²) < 4.78 is 5.49. The molecule has 5 heteroatoms. The van der Waals surface area contributed by atoms with E-state index in [-0.39, 0.29) is 17.7 Å². The van der Waals surface area contributed by atoms with Crippen LogP contribution in [0.2, 0.25) is 0 Å². The average molecular weight is 262 g/mol. The van der Waals surface area contributed by atoms with Gasteiger partial charge in [0, 0.05) is 19.4 Å². The van der Waals surface area contributed by atoms with Crippen LogP contribution in [-0.4, -0.2) is 25.0 Å². The molecule has 102 valence electrons. The third-order valence-electron chi connectivity index (χ3n) is 3.03. The van der Waals surface area contributed by atoms with Crippen LogP contribution in [-0.2, 0) is 9.59 Å². The normalized spacial score (nSPS) is 16.8. The van der Waals surface area contributed by atoms with Gasteiger partial charge >= 0.3 is 0 Å². The maximum atomic E-state index is 12.1. The second kappa shape index (κ2) is 5.84. The van der Waals surface area contributed by atoms with Gasteiger partial charge in [-0.15, -0.1) is 0 Å². The van der Waals surface area contributed by atoms with Crippen LogP contribution in [0.1, 0.15) is 19.8 Å². The van der Waals surface area contributed by atoms with Gasteiger partial charge in [-0.25, -0.2) is 4.90 Å². The SMILES string of the molecule is CC1CC(=O)N(c2ccccc2OCCN)C(=O)C1. The quantitative estimate of drug-likeness (QED) is 0.830. The van der Waals surface area contributed by atoms with E-state index in [9.17, 15) is 9.59 Å². The largest absolute Gasteiger partial charge is 0.490 e. The van der Waals surface area contributed by atoms with Gasteiger partial charge in [0.05, 0.1) is 5.69 Å². The lowest BCUT2D eigenvalue weighted by molar-refractivity contribution is -0.130. The van der Waals surface area contributed by atoms with Crippen molar-refractivity contribution in [3.05, 3.63) is 24.3 Å².